The SMILES string of the molecule is CC/C=C\c1ccccc1C(=O)O. The molecule has 0 aliphatic carbocycles. The highest BCUT2D eigenvalue weighted by molar-refractivity contribution is 5.92. The van der Waals surface area contributed by atoms with Gasteiger partial charge in [-0.2, -0.15) is 0 Å². The van der Waals surface area contributed by atoms with E-state index in [0.29, 0.717) is 5.56 Å². The van der Waals surface area contributed by atoms with Gasteiger partial charge in [0.05, 0.1) is 5.56 Å². The average Bonchev–Trinajstić information content (AvgIpc) is 2.15. The Hall–Kier alpha value is -1.57. The summed E-state index contributed by atoms with van der Waals surface area (Å²) in [6.45, 7) is 2.01. The highest BCUT2D eigenvalue weighted by Crippen LogP contribution is 2.10. The summed E-state index contributed by atoms with van der Waals surface area (Å²) in [5.74, 6) is -0.878. The molecule has 0 aromatic heterocycles. The van der Waals surface area contributed by atoms with Crippen LogP contribution in [-0.2, 0) is 0 Å². The van der Waals surface area contributed by atoms with Gasteiger partial charge in [-0.25, -0.2) is 4.79 Å². The van der Waals surface area contributed by atoms with Crippen LogP contribution in [0.2, 0.25) is 0 Å². The van der Waals surface area contributed by atoms with Crippen LogP contribution < -0.4 is 0 Å². The minimum Gasteiger partial charge on any atom is -0.478 e. The third-order valence-electron chi connectivity index (χ3n) is 1.72. The van der Waals surface area contributed by atoms with Gasteiger partial charge >= 0.3 is 5.97 Å². The molecule has 0 spiro atoms. The summed E-state index contributed by atoms with van der Waals surface area (Å²) < 4.78 is 0. The molecule has 2 nitrogen and oxygen atoms in total. The average molecular weight is 176 g/mol. The summed E-state index contributed by atoms with van der Waals surface area (Å²) in [6.07, 6.45) is 4.69. The molecule has 1 rings (SSSR count). The third-order valence-corrected chi connectivity index (χ3v) is 1.72. The molecule has 13 heavy (non-hydrogen) atoms. The van der Waals surface area contributed by atoms with E-state index in [9.17, 15) is 4.79 Å². The molecule has 0 radical (unpaired) electrons. The minimum absolute atomic E-state index is 0.354. The smallest absolute Gasteiger partial charge is 0.336 e. The molecule has 1 aromatic carbocycles. The summed E-state index contributed by atoms with van der Waals surface area (Å²) in [6, 6.07) is 6.97. The summed E-state index contributed by atoms with van der Waals surface area (Å²) >= 11 is 0. The Kier molecular flexibility index (Phi) is 3.26. The summed E-state index contributed by atoms with van der Waals surface area (Å²) in [7, 11) is 0. The zero-order chi connectivity index (χ0) is 9.68. The van der Waals surface area contributed by atoms with Crippen molar-refractivity contribution in [3.8, 4) is 0 Å². The van der Waals surface area contributed by atoms with Gasteiger partial charge in [-0.1, -0.05) is 37.3 Å². The van der Waals surface area contributed by atoms with E-state index in [4.69, 9.17) is 5.11 Å². The van der Waals surface area contributed by atoms with Gasteiger partial charge in [0.25, 0.3) is 0 Å². The van der Waals surface area contributed by atoms with Crippen LogP contribution in [0.1, 0.15) is 29.3 Å². The number of carbonyl (C=O) groups is 1. The molecule has 0 saturated heterocycles. The molecule has 1 N–H and O–H groups in total. The van der Waals surface area contributed by atoms with Crippen LogP contribution in [0.25, 0.3) is 6.08 Å². The molecule has 0 saturated carbocycles. The second-order valence-electron chi connectivity index (χ2n) is 2.70. The molecule has 0 fully saturated rings. The van der Waals surface area contributed by atoms with Gasteiger partial charge in [0, 0.05) is 0 Å². The Morgan fingerprint density at radius 3 is 2.77 bits per heavy atom. The van der Waals surface area contributed by atoms with Crippen molar-refractivity contribution >= 4 is 12.0 Å². The molecule has 0 aliphatic heterocycles. The Morgan fingerprint density at radius 2 is 2.15 bits per heavy atom. The van der Waals surface area contributed by atoms with Gasteiger partial charge in [0.1, 0.15) is 0 Å². The van der Waals surface area contributed by atoms with E-state index in [1.165, 1.54) is 0 Å². The predicted octanol–water partition coefficient (Wildman–Crippen LogP) is 2.81. The van der Waals surface area contributed by atoms with Crippen molar-refractivity contribution in [1.29, 1.82) is 0 Å². The number of rotatable bonds is 3. The Bertz CT molecular complexity index is 327. The number of carboxylic acids is 1. The van der Waals surface area contributed by atoms with E-state index >= 15 is 0 Å². The van der Waals surface area contributed by atoms with Crippen molar-refractivity contribution in [2.45, 2.75) is 13.3 Å². The normalized spacial score (nSPS) is 10.5. The number of carboxylic acid groups (broad SMARTS) is 1. The maximum atomic E-state index is 10.8. The lowest BCUT2D eigenvalue weighted by molar-refractivity contribution is 0.0696. The molecule has 2 heteroatoms. The predicted molar refractivity (Wildman–Crippen MR) is 52.7 cm³/mol. The van der Waals surface area contributed by atoms with Crippen LogP contribution >= 0.6 is 0 Å². The van der Waals surface area contributed by atoms with E-state index in [0.717, 1.165) is 12.0 Å². The number of benzene rings is 1. The highest BCUT2D eigenvalue weighted by Gasteiger charge is 2.05. The number of aromatic carboxylic acids is 1. The molecular formula is C11H12O2. The maximum absolute atomic E-state index is 10.8. The summed E-state index contributed by atoms with van der Waals surface area (Å²) in [4.78, 5) is 10.8. The van der Waals surface area contributed by atoms with Crippen molar-refractivity contribution in [3.05, 3.63) is 41.5 Å². The molecular weight excluding hydrogens is 164 g/mol. The van der Waals surface area contributed by atoms with Crippen molar-refractivity contribution in [1.82, 2.24) is 0 Å². The highest BCUT2D eigenvalue weighted by atomic mass is 16.4. The zero-order valence-corrected chi connectivity index (χ0v) is 7.53. The topological polar surface area (TPSA) is 37.3 Å². The second kappa shape index (κ2) is 4.45. The number of hydrogen-bond acceptors (Lipinski definition) is 1. The van der Waals surface area contributed by atoms with Crippen LogP contribution in [-0.4, -0.2) is 11.1 Å². The van der Waals surface area contributed by atoms with Crippen molar-refractivity contribution in [2.24, 2.45) is 0 Å². The fraction of sp³-hybridized carbons (Fsp3) is 0.182. The lowest BCUT2D eigenvalue weighted by Crippen LogP contribution is -1.98. The van der Waals surface area contributed by atoms with Crippen LogP contribution in [0.15, 0.2) is 30.3 Å². The van der Waals surface area contributed by atoms with Gasteiger partial charge in [-0.15, -0.1) is 0 Å². The lowest BCUT2D eigenvalue weighted by atomic mass is 10.1. The maximum Gasteiger partial charge on any atom is 0.336 e. The quantitative estimate of drug-likeness (QED) is 0.768. The molecule has 0 heterocycles. The Labute approximate surface area is 77.5 Å². The first-order chi connectivity index (χ1) is 6.25. The van der Waals surface area contributed by atoms with Gasteiger partial charge in [-0.3, -0.25) is 0 Å². The Morgan fingerprint density at radius 1 is 1.46 bits per heavy atom. The molecule has 0 bridgehead atoms. The fourth-order valence-corrected chi connectivity index (χ4v) is 1.08. The van der Waals surface area contributed by atoms with Crippen molar-refractivity contribution in [2.75, 3.05) is 0 Å². The molecule has 1 aromatic rings. The molecule has 0 aliphatic rings. The number of allylic oxidation sites excluding steroid dienone is 1. The summed E-state index contributed by atoms with van der Waals surface area (Å²) in [5, 5.41) is 8.83. The number of hydrogen-bond donors (Lipinski definition) is 1. The van der Waals surface area contributed by atoms with Crippen LogP contribution in [0, 0.1) is 0 Å². The lowest BCUT2D eigenvalue weighted by Gasteiger charge is -1.98. The van der Waals surface area contributed by atoms with Crippen molar-refractivity contribution < 1.29 is 9.90 Å². The Balaban J connectivity index is 3.05. The van der Waals surface area contributed by atoms with E-state index in [1.807, 2.05) is 25.1 Å². The zero-order valence-electron chi connectivity index (χ0n) is 7.53. The largest absolute Gasteiger partial charge is 0.478 e. The van der Waals surface area contributed by atoms with Gasteiger partial charge in [0.15, 0.2) is 0 Å². The van der Waals surface area contributed by atoms with Gasteiger partial charge in [0.2, 0.25) is 0 Å². The van der Waals surface area contributed by atoms with E-state index in [1.54, 1.807) is 18.2 Å². The standard InChI is InChI=1S/C11H12O2/c1-2-3-6-9-7-4-5-8-10(9)11(12)13/h3-8H,2H2,1H3,(H,12,13)/b6-3-. The first-order valence-corrected chi connectivity index (χ1v) is 4.24. The van der Waals surface area contributed by atoms with Gasteiger partial charge in [-0.05, 0) is 18.1 Å². The third kappa shape index (κ3) is 2.44. The van der Waals surface area contributed by atoms with E-state index < -0.39 is 5.97 Å². The molecule has 0 amide bonds. The molecule has 0 atom stereocenters. The summed E-state index contributed by atoms with van der Waals surface area (Å²) in [5.41, 5.74) is 1.11. The van der Waals surface area contributed by atoms with E-state index in [2.05, 4.69) is 0 Å². The van der Waals surface area contributed by atoms with Gasteiger partial charge < -0.3 is 5.11 Å². The van der Waals surface area contributed by atoms with Crippen LogP contribution in [0.3, 0.4) is 0 Å². The van der Waals surface area contributed by atoms with Crippen molar-refractivity contribution in [3.63, 3.8) is 0 Å². The van der Waals surface area contributed by atoms with Crippen LogP contribution in [0.5, 0.6) is 0 Å². The monoisotopic (exact) mass is 176 g/mol. The first kappa shape index (κ1) is 9.52. The molecule has 0 unspecified atom stereocenters. The first-order valence-electron chi connectivity index (χ1n) is 4.24. The van der Waals surface area contributed by atoms with E-state index in [-0.39, 0.29) is 0 Å². The fourth-order valence-electron chi connectivity index (χ4n) is 1.08. The molecule has 68 valence electrons. The minimum atomic E-state index is -0.878. The van der Waals surface area contributed by atoms with Crippen LogP contribution in [0.4, 0.5) is 0 Å². The second-order valence-corrected chi connectivity index (χ2v) is 2.70.